The van der Waals surface area contributed by atoms with Crippen LogP contribution in [0.3, 0.4) is 0 Å². The number of hydrogen-bond donors (Lipinski definition) is 2. The Morgan fingerprint density at radius 2 is 1.83 bits per heavy atom. The van der Waals surface area contributed by atoms with Crippen LogP contribution in [0.25, 0.3) is 0 Å². The molecule has 0 saturated carbocycles. The molecule has 9 nitrogen and oxygen atoms in total. The molecule has 0 radical (unpaired) electrons. The molecular formula is C19H32N2O7S2. The number of likely N-dealkylation sites (tertiary alicyclic amines) is 1. The summed E-state index contributed by atoms with van der Waals surface area (Å²) >= 11 is 0. The average molecular weight is 465 g/mol. The highest BCUT2D eigenvalue weighted by molar-refractivity contribution is 8.77. The van der Waals surface area contributed by atoms with Crippen LogP contribution in [-0.2, 0) is 28.7 Å². The molecule has 1 fully saturated rings. The third-order valence-electron chi connectivity index (χ3n) is 4.15. The molecule has 2 unspecified atom stereocenters. The molecule has 3 amide bonds. The standard InChI is InChI=1S/C19H32N2O7S2/c1-13(11-27-14(2)22)30-29-12-19(5,26)28-9-8-18(3,4)20-15(23)10-21-16(24)6-7-17(21)25/h13,26H,6-12H2,1-5H3,(H,20,23). The second-order valence-corrected chi connectivity index (χ2v) is 10.9. The van der Waals surface area contributed by atoms with E-state index in [4.69, 9.17) is 9.47 Å². The summed E-state index contributed by atoms with van der Waals surface area (Å²) in [6.07, 6.45) is 0.728. The third-order valence-corrected chi connectivity index (χ3v) is 7.16. The lowest BCUT2D eigenvalue weighted by atomic mass is 10.0. The number of aliphatic hydroxyl groups is 1. The van der Waals surface area contributed by atoms with Gasteiger partial charge in [-0.2, -0.15) is 0 Å². The lowest BCUT2D eigenvalue weighted by Gasteiger charge is -2.30. The molecule has 2 atom stereocenters. The van der Waals surface area contributed by atoms with Crippen molar-refractivity contribution in [3.63, 3.8) is 0 Å². The Morgan fingerprint density at radius 1 is 1.23 bits per heavy atom. The Kier molecular flexibility index (Phi) is 10.6. The topological polar surface area (TPSA) is 122 Å². The molecule has 1 heterocycles. The van der Waals surface area contributed by atoms with Crippen LogP contribution in [0, 0.1) is 0 Å². The number of hydrogen-bond acceptors (Lipinski definition) is 9. The molecule has 30 heavy (non-hydrogen) atoms. The van der Waals surface area contributed by atoms with Crippen LogP contribution in [0.1, 0.15) is 53.9 Å². The van der Waals surface area contributed by atoms with Crippen molar-refractivity contribution in [1.82, 2.24) is 10.2 Å². The lowest BCUT2D eigenvalue weighted by Crippen LogP contribution is -2.49. The molecule has 1 rings (SSSR count). The number of nitrogens with one attached hydrogen (secondary N) is 1. The quantitative estimate of drug-likeness (QED) is 0.181. The Balaban J connectivity index is 2.30. The Labute approximate surface area is 185 Å². The Bertz CT molecular complexity index is 624. The molecule has 1 aliphatic heterocycles. The van der Waals surface area contributed by atoms with Crippen molar-refractivity contribution >= 4 is 45.3 Å². The molecule has 0 aromatic heterocycles. The van der Waals surface area contributed by atoms with E-state index < -0.39 is 17.2 Å². The number of amides is 3. The smallest absolute Gasteiger partial charge is 0.302 e. The summed E-state index contributed by atoms with van der Waals surface area (Å²) in [6.45, 7) is 8.68. The van der Waals surface area contributed by atoms with Crippen LogP contribution in [0.15, 0.2) is 0 Å². The van der Waals surface area contributed by atoms with Crippen molar-refractivity contribution < 1.29 is 33.8 Å². The lowest BCUT2D eigenvalue weighted by molar-refractivity contribution is -0.174. The number of rotatable bonds is 13. The summed E-state index contributed by atoms with van der Waals surface area (Å²) in [4.78, 5) is 47.2. The van der Waals surface area contributed by atoms with Gasteiger partial charge in [-0.05, 0) is 34.1 Å². The van der Waals surface area contributed by atoms with Gasteiger partial charge in [-0.15, -0.1) is 0 Å². The maximum absolute atomic E-state index is 12.2. The highest BCUT2D eigenvalue weighted by Crippen LogP contribution is 2.30. The third kappa shape index (κ3) is 10.6. The number of ether oxygens (including phenoxy) is 2. The molecule has 0 bridgehead atoms. The van der Waals surface area contributed by atoms with Crippen LogP contribution in [0.5, 0.6) is 0 Å². The first kappa shape index (κ1) is 26.7. The minimum absolute atomic E-state index is 0.0817. The van der Waals surface area contributed by atoms with E-state index in [2.05, 4.69) is 5.32 Å². The van der Waals surface area contributed by atoms with Gasteiger partial charge >= 0.3 is 5.97 Å². The molecule has 0 aliphatic carbocycles. The predicted molar refractivity (Wildman–Crippen MR) is 116 cm³/mol. The van der Waals surface area contributed by atoms with Gasteiger partial charge in [0.2, 0.25) is 17.7 Å². The van der Waals surface area contributed by atoms with Crippen molar-refractivity contribution in [2.45, 2.75) is 70.5 Å². The van der Waals surface area contributed by atoms with Gasteiger partial charge in [0.25, 0.3) is 0 Å². The van der Waals surface area contributed by atoms with Crippen molar-refractivity contribution in [3.8, 4) is 0 Å². The number of carbonyl (C=O) groups is 4. The van der Waals surface area contributed by atoms with E-state index in [1.165, 1.54) is 28.5 Å². The number of nitrogens with zero attached hydrogens (tertiary/aromatic N) is 1. The second-order valence-electron chi connectivity index (χ2n) is 8.05. The fraction of sp³-hybridized carbons (Fsp3) is 0.789. The van der Waals surface area contributed by atoms with Gasteiger partial charge in [0.1, 0.15) is 13.2 Å². The molecule has 1 saturated heterocycles. The minimum Gasteiger partial charge on any atom is -0.465 e. The summed E-state index contributed by atoms with van der Waals surface area (Å²) in [5, 5.41) is 13.2. The largest absolute Gasteiger partial charge is 0.465 e. The van der Waals surface area contributed by atoms with E-state index in [0.717, 1.165) is 4.90 Å². The van der Waals surface area contributed by atoms with Gasteiger partial charge in [-0.1, -0.05) is 21.6 Å². The molecular weight excluding hydrogens is 432 g/mol. The van der Waals surface area contributed by atoms with E-state index in [1.54, 1.807) is 20.8 Å². The fourth-order valence-corrected chi connectivity index (χ4v) is 4.96. The monoisotopic (exact) mass is 464 g/mol. The predicted octanol–water partition coefficient (Wildman–Crippen LogP) is 1.48. The van der Waals surface area contributed by atoms with E-state index in [9.17, 15) is 24.3 Å². The van der Waals surface area contributed by atoms with Gasteiger partial charge < -0.3 is 19.9 Å². The zero-order valence-corrected chi connectivity index (χ0v) is 19.8. The number of imide groups is 1. The summed E-state index contributed by atoms with van der Waals surface area (Å²) in [5.41, 5.74) is -0.639. The maximum Gasteiger partial charge on any atom is 0.302 e. The zero-order valence-electron chi connectivity index (χ0n) is 18.2. The Morgan fingerprint density at radius 3 is 2.40 bits per heavy atom. The van der Waals surface area contributed by atoms with Crippen LogP contribution in [0.4, 0.5) is 0 Å². The van der Waals surface area contributed by atoms with Crippen LogP contribution in [0.2, 0.25) is 0 Å². The van der Waals surface area contributed by atoms with Gasteiger partial charge in [0.15, 0.2) is 5.79 Å². The van der Waals surface area contributed by atoms with Crippen LogP contribution < -0.4 is 5.32 Å². The van der Waals surface area contributed by atoms with E-state index in [-0.39, 0.29) is 49.0 Å². The summed E-state index contributed by atoms with van der Waals surface area (Å²) in [5.74, 6) is -2.43. The normalized spacial score (nSPS) is 17.6. The SMILES string of the molecule is CC(=O)OCC(C)SSCC(C)(O)OCCC(C)(C)NC(=O)CN1C(=O)CCC1=O. The zero-order chi connectivity index (χ0) is 22.9. The molecule has 2 N–H and O–H groups in total. The van der Waals surface area contributed by atoms with E-state index in [0.29, 0.717) is 18.8 Å². The molecule has 172 valence electrons. The summed E-state index contributed by atoms with van der Waals surface area (Å²) < 4.78 is 10.5. The maximum atomic E-state index is 12.2. The highest BCUT2D eigenvalue weighted by Gasteiger charge is 2.32. The minimum atomic E-state index is -1.35. The first-order chi connectivity index (χ1) is 13.8. The Hall–Kier alpha value is -1.30. The van der Waals surface area contributed by atoms with Crippen molar-refractivity contribution in [3.05, 3.63) is 0 Å². The molecule has 0 spiro atoms. The summed E-state index contributed by atoms with van der Waals surface area (Å²) in [6, 6.07) is 0. The van der Waals surface area contributed by atoms with Gasteiger partial charge in [-0.25, -0.2) is 0 Å². The highest BCUT2D eigenvalue weighted by atomic mass is 33.1. The summed E-state index contributed by atoms with van der Waals surface area (Å²) in [7, 11) is 2.91. The fourth-order valence-electron chi connectivity index (χ4n) is 2.51. The van der Waals surface area contributed by atoms with Crippen molar-refractivity contribution in [2.75, 3.05) is 25.5 Å². The first-order valence-corrected chi connectivity index (χ1v) is 12.1. The first-order valence-electron chi connectivity index (χ1n) is 9.73. The van der Waals surface area contributed by atoms with Gasteiger partial charge in [-0.3, -0.25) is 24.1 Å². The van der Waals surface area contributed by atoms with E-state index in [1.807, 2.05) is 6.92 Å². The molecule has 0 aromatic rings. The van der Waals surface area contributed by atoms with Gasteiger partial charge in [0.05, 0.1) is 12.4 Å². The van der Waals surface area contributed by atoms with Crippen molar-refractivity contribution in [2.24, 2.45) is 0 Å². The van der Waals surface area contributed by atoms with Crippen molar-refractivity contribution in [1.29, 1.82) is 0 Å². The number of esters is 1. The molecule has 11 heteroatoms. The second kappa shape index (κ2) is 11.9. The van der Waals surface area contributed by atoms with Gasteiger partial charge in [0, 0.05) is 30.6 Å². The van der Waals surface area contributed by atoms with E-state index >= 15 is 0 Å². The average Bonchev–Trinajstić information content (AvgIpc) is 2.90. The molecule has 0 aromatic carbocycles. The number of carbonyl (C=O) groups excluding carboxylic acids is 4. The van der Waals surface area contributed by atoms with Crippen LogP contribution in [-0.4, -0.2) is 75.8 Å². The molecule has 1 aliphatic rings. The van der Waals surface area contributed by atoms with Crippen LogP contribution >= 0.6 is 21.6 Å².